The average Bonchev–Trinajstić information content (AvgIpc) is 2.45. The SMILES string of the molecule is COc1cc2c(cc1OC)CN(CCCC(C)=O)CC2. The third kappa shape index (κ3) is 3.51. The maximum absolute atomic E-state index is 11.0. The van der Waals surface area contributed by atoms with Crippen molar-refractivity contribution < 1.29 is 14.3 Å². The van der Waals surface area contributed by atoms with Gasteiger partial charge in [-0.25, -0.2) is 0 Å². The molecule has 0 aromatic heterocycles. The number of nitrogens with zero attached hydrogens (tertiary/aromatic N) is 1. The zero-order valence-electron chi connectivity index (χ0n) is 12.6. The highest BCUT2D eigenvalue weighted by molar-refractivity contribution is 5.75. The molecule has 0 spiro atoms. The molecule has 0 N–H and O–H groups in total. The second-order valence-electron chi connectivity index (χ2n) is 5.31. The van der Waals surface area contributed by atoms with Crippen LogP contribution in [0.3, 0.4) is 0 Å². The van der Waals surface area contributed by atoms with Gasteiger partial charge in [0.25, 0.3) is 0 Å². The van der Waals surface area contributed by atoms with Crippen LogP contribution in [-0.2, 0) is 17.8 Å². The van der Waals surface area contributed by atoms with Crippen molar-refractivity contribution in [1.82, 2.24) is 4.90 Å². The fraction of sp³-hybridized carbons (Fsp3) is 0.562. The Kier molecular flexibility index (Phi) is 5.01. The lowest BCUT2D eigenvalue weighted by Gasteiger charge is -2.29. The van der Waals surface area contributed by atoms with Gasteiger partial charge in [-0.05, 0) is 49.6 Å². The number of carbonyl (C=O) groups is 1. The normalized spacial score (nSPS) is 14.8. The zero-order chi connectivity index (χ0) is 14.5. The Morgan fingerprint density at radius 1 is 1.20 bits per heavy atom. The minimum atomic E-state index is 0.272. The Balaban J connectivity index is 2.03. The molecule has 0 atom stereocenters. The summed E-state index contributed by atoms with van der Waals surface area (Å²) in [6, 6.07) is 4.16. The molecule has 20 heavy (non-hydrogen) atoms. The summed E-state index contributed by atoms with van der Waals surface area (Å²) in [6.07, 6.45) is 2.64. The van der Waals surface area contributed by atoms with Crippen LogP contribution in [0, 0.1) is 0 Å². The van der Waals surface area contributed by atoms with Crippen LogP contribution in [0.15, 0.2) is 12.1 Å². The van der Waals surface area contributed by atoms with E-state index in [9.17, 15) is 4.79 Å². The molecule has 1 aromatic carbocycles. The fourth-order valence-electron chi connectivity index (χ4n) is 2.68. The summed E-state index contributed by atoms with van der Waals surface area (Å²) >= 11 is 0. The lowest BCUT2D eigenvalue weighted by Crippen LogP contribution is -2.31. The molecule has 4 heteroatoms. The van der Waals surface area contributed by atoms with Crippen molar-refractivity contribution in [3.8, 4) is 11.5 Å². The van der Waals surface area contributed by atoms with Crippen molar-refractivity contribution in [2.45, 2.75) is 32.7 Å². The summed E-state index contributed by atoms with van der Waals surface area (Å²) in [5.74, 6) is 1.86. The number of hydrogen-bond donors (Lipinski definition) is 0. The highest BCUT2D eigenvalue weighted by Gasteiger charge is 2.19. The minimum Gasteiger partial charge on any atom is -0.493 e. The largest absolute Gasteiger partial charge is 0.493 e. The third-order valence-electron chi connectivity index (χ3n) is 3.80. The van der Waals surface area contributed by atoms with Gasteiger partial charge in [0.15, 0.2) is 11.5 Å². The van der Waals surface area contributed by atoms with Crippen molar-refractivity contribution in [2.75, 3.05) is 27.3 Å². The summed E-state index contributed by atoms with van der Waals surface area (Å²) in [4.78, 5) is 13.4. The highest BCUT2D eigenvalue weighted by Crippen LogP contribution is 2.33. The Bertz CT molecular complexity index is 485. The van der Waals surface area contributed by atoms with Crippen LogP contribution in [0.25, 0.3) is 0 Å². The topological polar surface area (TPSA) is 38.8 Å². The molecule has 0 aliphatic carbocycles. The van der Waals surface area contributed by atoms with Crippen molar-refractivity contribution in [1.29, 1.82) is 0 Å². The van der Waals surface area contributed by atoms with E-state index in [1.807, 2.05) is 0 Å². The van der Waals surface area contributed by atoms with Crippen LogP contribution in [0.5, 0.6) is 11.5 Å². The molecule has 110 valence electrons. The molecule has 0 radical (unpaired) electrons. The van der Waals surface area contributed by atoms with Crippen LogP contribution in [-0.4, -0.2) is 38.0 Å². The number of methoxy groups -OCH3 is 2. The van der Waals surface area contributed by atoms with Crippen molar-refractivity contribution >= 4 is 5.78 Å². The molecule has 1 aliphatic heterocycles. The smallest absolute Gasteiger partial charge is 0.161 e. The van der Waals surface area contributed by atoms with Crippen LogP contribution in [0.2, 0.25) is 0 Å². The molecule has 1 aliphatic rings. The van der Waals surface area contributed by atoms with Gasteiger partial charge in [0, 0.05) is 19.5 Å². The molecular formula is C16H23NO3. The van der Waals surface area contributed by atoms with Gasteiger partial charge >= 0.3 is 0 Å². The Labute approximate surface area is 120 Å². The van der Waals surface area contributed by atoms with Crippen molar-refractivity contribution in [3.05, 3.63) is 23.3 Å². The predicted molar refractivity (Wildman–Crippen MR) is 78.4 cm³/mol. The van der Waals surface area contributed by atoms with Crippen molar-refractivity contribution in [2.24, 2.45) is 0 Å². The molecule has 0 saturated heterocycles. The average molecular weight is 277 g/mol. The summed E-state index contributed by atoms with van der Waals surface area (Å²) in [5.41, 5.74) is 2.64. The van der Waals surface area contributed by atoms with Crippen LogP contribution < -0.4 is 9.47 Å². The van der Waals surface area contributed by atoms with E-state index >= 15 is 0 Å². The summed E-state index contributed by atoms with van der Waals surface area (Å²) < 4.78 is 10.7. The fourth-order valence-corrected chi connectivity index (χ4v) is 2.68. The molecule has 0 unspecified atom stereocenters. The first-order chi connectivity index (χ1) is 9.63. The maximum atomic E-state index is 11.0. The Morgan fingerprint density at radius 3 is 2.45 bits per heavy atom. The maximum Gasteiger partial charge on any atom is 0.161 e. The second kappa shape index (κ2) is 6.75. The lowest BCUT2D eigenvalue weighted by atomic mass is 9.98. The number of carbonyl (C=O) groups excluding carboxylic acids is 1. The first-order valence-corrected chi connectivity index (χ1v) is 7.09. The Hall–Kier alpha value is -1.55. The summed E-state index contributed by atoms with van der Waals surface area (Å²) in [6.45, 7) is 4.60. The molecule has 1 aromatic rings. The molecule has 0 bridgehead atoms. The zero-order valence-corrected chi connectivity index (χ0v) is 12.6. The number of benzene rings is 1. The molecule has 0 saturated carbocycles. The van der Waals surface area contributed by atoms with Crippen LogP contribution >= 0.6 is 0 Å². The van der Waals surface area contributed by atoms with Gasteiger partial charge in [-0.1, -0.05) is 0 Å². The number of ether oxygens (including phenoxy) is 2. The number of fused-ring (bicyclic) bond motifs is 1. The van der Waals surface area contributed by atoms with E-state index in [1.165, 1.54) is 11.1 Å². The monoisotopic (exact) mass is 277 g/mol. The first-order valence-electron chi connectivity index (χ1n) is 7.09. The van der Waals surface area contributed by atoms with E-state index in [0.717, 1.165) is 44.0 Å². The quantitative estimate of drug-likeness (QED) is 0.800. The van der Waals surface area contributed by atoms with Crippen molar-refractivity contribution in [3.63, 3.8) is 0 Å². The third-order valence-corrected chi connectivity index (χ3v) is 3.80. The molecule has 2 rings (SSSR count). The van der Waals surface area contributed by atoms with Gasteiger partial charge in [-0.3, -0.25) is 4.90 Å². The van der Waals surface area contributed by atoms with E-state index in [1.54, 1.807) is 21.1 Å². The lowest BCUT2D eigenvalue weighted by molar-refractivity contribution is -0.117. The van der Waals surface area contributed by atoms with Gasteiger partial charge in [0.2, 0.25) is 0 Å². The van der Waals surface area contributed by atoms with E-state index in [2.05, 4.69) is 17.0 Å². The molecule has 0 fully saturated rings. The van der Waals surface area contributed by atoms with Gasteiger partial charge < -0.3 is 14.3 Å². The number of rotatable bonds is 6. The Morgan fingerprint density at radius 2 is 1.85 bits per heavy atom. The minimum absolute atomic E-state index is 0.272. The van der Waals surface area contributed by atoms with Crippen LogP contribution in [0.4, 0.5) is 0 Å². The van der Waals surface area contributed by atoms with Crippen LogP contribution in [0.1, 0.15) is 30.9 Å². The number of ketones is 1. The number of hydrogen-bond acceptors (Lipinski definition) is 4. The van der Waals surface area contributed by atoms with Gasteiger partial charge in [0.05, 0.1) is 14.2 Å². The van der Waals surface area contributed by atoms with E-state index in [4.69, 9.17) is 9.47 Å². The first kappa shape index (κ1) is 14.9. The number of Topliss-reactive ketones (excluding diaryl/α,β-unsaturated/α-hetero) is 1. The predicted octanol–water partition coefficient (Wildman–Crippen LogP) is 2.43. The van der Waals surface area contributed by atoms with Gasteiger partial charge in [-0.2, -0.15) is 0 Å². The summed E-state index contributed by atoms with van der Waals surface area (Å²) in [7, 11) is 3.33. The molecular weight excluding hydrogens is 254 g/mol. The van der Waals surface area contributed by atoms with Gasteiger partial charge in [0.1, 0.15) is 5.78 Å². The van der Waals surface area contributed by atoms with E-state index in [0.29, 0.717) is 6.42 Å². The highest BCUT2D eigenvalue weighted by atomic mass is 16.5. The van der Waals surface area contributed by atoms with E-state index in [-0.39, 0.29) is 5.78 Å². The van der Waals surface area contributed by atoms with E-state index < -0.39 is 0 Å². The molecule has 4 nitrogen and oxygen atoms in total. The molecule has 1 heterocycles. The molecule has 0 amide bonds. The summed E-state index contributed by atoms with van der Waals surface area (Å²) in [5, 5.41) is 0. The van der Waals surface area contributed by atoms with Gasteiger partial charge in [-0.15, -0.1) is 0 Å². The standard InChI is InChI=1S/C16H23NO3/c1-12(18)5-4-7-17-8-6-13-9-15(19-2)16(20-3)10-14(13)11-17/h9-10H,4-8,11H2,1-3H3. The second-order valence-corrected chi connectivity index (χ2v) is 5.31.